The van der Waals surface area contributed by atoms with Crippen LogP contribution in [0.5, 0.6) is 0 Å². The van der Waals surface area contributed by atoms with E-state index in [1.54, 1.807) is 12.7 Å². The number of amides is 2. The van der Waals surface area contributed by atoms with E-state index >= 15 is 0 Å². The van der Waals surface area contributed by atoms with E-state index in [0.29, 0.717) is 6.54 Å². The predicted octanol–water partition coefficient (Wildman–Crippen LogP) is -0.325. The Labute approximate surface area is 38.0 Å². The highest BCUT2D eigenvalue weighted by Crippen LogP contribution is 1.49. The van der Waals surface area contributed by atoms with Crippen LogP contribution in [0.4, 0.5) is 4.79 Å². The summed E-state index contributed by atoms with van der Waals surface area (Å²) >= 11 is 0. The van der Waals surface area contributed by atoms with E-state index < -0.39 is 6.03 Å². The second-order valence-electron chi connectivity index (χ2n) is 0.859. The minimum atomic E-state index is -0.456. The molecular weight excluding hydrogens is 80.0 g/mol. The largest absolute Gasteiger partial charge is 0.352 e. The van der Waals surface area contributed by atoms with E-state index in [1.165, 1.54) is 0 Å². The van der Waals surface area contributed by atoms with Crippen LogP contribution in [-0.4, -0.2) is 12.6 Å². The molecule has 0 fully saturated rings. The van der Waals surface area contributed by atoms with Gasteiger partial charge >= 0.3 is 6.03 Å². The van der Waals surface area contributed by atoms with Gasteiger partial charge in [0.1, 0.15) is 0 Å². The molecule has 0 radical (unpaired) electrons. The van der Waals surface area contributed by atoms with Crippen molar-refractivity contribution in [2.75, 3.05) is 6.54 Å². The molecule has 0 aliphatic carbocycles. The second-order valence-corrected chi connectivity index (χ2v) is 0.859. The highest BCUT2D eigenvalue weighted by Gasteiger charge is 1.79. The lowest BCUT2D eigenvalue weighted by Crippen LogP contribution is -2.28. The molecule has 0 aromatic heterocycles. The van der Waals surface area contributed by atoms with Gasteiger partial charge in [-0.2, -0.15) is 0 Å². The van der Waals surface area contributed by atoms with Crippen molar-refractivity contribution in [3.05, 3.63) is 0 Å². The first kappa shape index (κ1) is 3.46. The summed E-state index contributed by atoms with van der Waals surface area (Å²) in [5.41, 5.74) is 1.67. The van der Waals surface area contributed by atoms with Crippen LogP contribution >= 0.6 is 0 Å². The van der Waals surface area contributed by atoms with Gasteiger partial charge in [-0.1, -0.05) is 0 Å². The number of nitrogens with one attached hydrogen (secondary N) is 1. The van der Waals surface area contributed by atoms with Crippen LogP contribution in [0, 0.1) is 0 Å². The third kappa shape index (κ3) is 3.27. The Morgan fingerprint density at radius 1 is 2.33 bits per heavy atom. The molecule has 6 heavy (non-hydrogen) atoms. The Morgan fingerprint density at radius 2 is 3.00 bits per heavy atom. The van der Waals surface area contributed by atoms with Crippen molar-refractivity contribution in [3.8, 4) is 0 Å². The van der Waals surface area contributed by atoms with Gasteiger partial charge in [0.05, 0.1) is 0 Å². The zero-order chi connectivity index (χ0) is 5.70. The van der Waals surface area contributed by atoms with E-state index in [9.17, 15) is 4.79 Å². The Morgan fingerprint density at radius 3 is 3.17 bits per heavy atom. The molecule has 0 aromatic carbocycles. The topological polar surface area (TPSA) is 55.1 Å². The molecule has 3 nitrogen and oxygen atoms in total. The zero-order valence-electron chi connectivity index (χ0n) is 4.62. The Kier molecular flexibility index (Phi) is 1.44. The first-order valence-electron chi connectivity index (χ1n) is 2.26. The number of nitrogens with two attached hydrogens (primary N) is 1. The lowest BCUT2D eigenvalue weighted by molar-refractivity contribution is 0.249. The zero-order valence-corrected chi connectivity index (χ0v) is 3.62. The van der Waals surface area contributed by atoms with Crippen molar-refractivity contribution < 1.29 is 6.21 Å². The summed E-state index contributed by atoms with van der Waals surface area (Å²) in [7, 11) is 0. The van der Waals surface area contributed by atoms with Crippen molar-refractivity contribution in [1.82, 2.24) is 5.32 Å². The third-order valence-electron chi connectivity index (χ3n) is 0.337. The maximum absolute atomic E-state index is 10.0. The number of carbonyl (C=O) groups is 1. The number of hydrogen-bond donors (Lipinski definition) is 2. The van der Waals surface area contributed by atoms with Crippen molar-refractivity contribution in [1.29, 1.82) is 0 Å². The molecule has 2 amide bonds. The minimum absolute atomic E-state index is 0.456. The molecule has 0 unspecified atom stereocenters. The van der Waals surface area contributed by atoms with E-state index in [2.05, 4.69) is 5.32 Å². The molecule has 0 saturated heterocycles. The highest BCUT2D eigenvalue weighted by atomic mass is 16.2. The van der Waals surface area contributed by atoms with Gasteiger partial charge in [-0.05, 0) is 6.92 Å². The summed E-state index contributed by atoms with van der Waals surface area (Å²) in [4.78, 5) is 10.0. The van der Waals surface area contributed by atoms with Crippen LogP contribution in [0.1, 0.15) is 6.92 Å². The lowest BCUT2D eigenvalue weighted by Gasteiger charge is -1.88. The number of hydrogen-bond acceptors (Lipinski definition) is 1. The van der Waals surface area contributed by atoms with Gasteiger partial charge < -0.3 is 11.0 Å². The molecule has 0 atom stereocenters. The minimum Gasteiger partial charge on any atom is -0.352 e. The monoisotopic (exact) mass is 89.1 g/mol. The lowest BCUT2D eigenvalue weighted by atomic mass is 10.7. The molecule has 3 N–H and O–H groups in total. The summed E-state index contributed by atoms with van der Waals surface area (Å²) in [6, 6.07) is -0.456. The normalized spacial score (nSPS) is 9.17. The number of urea groups is 1. The van der Waals surface area contributed by atoms with E-state index in [0.717, 1.165) is 0 Å². The molecule has 0 saturated carbocycles. The molecule has 0 heterocycles. The van der Waals surface area contributed by atoms with Crippen LogP contribution in [0.25, 0.3) is 0 Å². The summed E-state index contributed by atoms with van der Waals surface area (Å²) in [6.07, 6.45) is 0. The average molecular weight is 89.1 g/mol. The molecule has 36 valence electrons. The molecule has 0 bridgehead atoms. The first-order chi connectivity index (χ1) is 3.31. The Bertz CT molecular complexity index is 66.0. The maximum atomic E-state index is 10.0. The summed E-state index contributed by atoms with van der Waals surface area (Å²) in [5.74, 6) is 0. The molecule has 3 heteroatoms. The van der Waals surface area contributed by atoms with Gasteiger partial charge in [-0.3, -0.25) is 0 Å². The summed E-state index contributed by atoms with van der Waals surface area (Å²) in [5, 5.41) is 2.36. The molecule has 0 spiro atoms. The van der Waals surface area contributed by atoms with Crippen LogP contribution in [0.3, 0.4) is 0 Å². The summed E-state index contributed by atoms with van der Waals surface area (Å²) in [6.45, 7) is 2.35. The Balaban J connectivity index is 3.00. The molecular formula is C3H8N2O. The predicted molar refractivity (Wildman–Crippen MR) is 23.3 cm³/mol. The van der Waals surface area contributed by atoms with Gasteiger partial charge in [0.2, 0.25) is 0 Å². The quantitative estimate of drug-likeness (QED) is 0.454. The third-order valence-corrected chi connectivity index (χ3v) is 0.337. The fourth-order valence-electron chi connectivity index (χ4n) is 0.161. The fourth-order valence-corrected chi connectivity index (χ4v) is 0.161. The number of primary amides is 1. The van der Waals surface area contributed by atoms with Crippen molar-refractivity contribution in [2.24, 2.45) is 5.73 Å². The molecule has 0 aromatic rings. The van der Waals surface area contributed by atoms with Gasteiger partial charge in [-0.15, -0.1) is 0 Å². The SMILES string of the molecule is [2H]NC(=O)NCC. The highest BCUT2D eigenvalue weighted by molar-refractivity contribution is 5.71. The van der Waals surface area contributed by atoms with Crippen LogP contribution in [-0.2, 0) is 0 Å². The molecule has 0 rings (SSSR count). The van der Waals surface area contributed by atoms with Gasteiger partial charge in [0, 0.05) is 6.54 Å². The maximum Gasteiger partial charge on any atom is 0.312 e. The Hall–Kier alpha value is -0.730. The average Bonchev–Trinajstić information content (AvgIpc) is 1.68. The van der Waals surface area contributed by atoms with Crippen molar-refractivity contribution in [2.45, 2.75) is 6.92 Å². The van der Waals surface area contributed by atoms with Crippen molar-refractivity contribution >= 4 is 6.03 Å². The van der Waals surface area contributed by atoms with Gasteiger partial charge in [-0.25, -0.2) is 4.79 Å². The van der Waals surface area contributed by atoms with Crippen molar-refractivity contribution in [3.63, 3.8) is 0 Å². The number of carbonyl (C=O) groups excluding carboxylic acids is 1. The second kappa shape index (κ2) is 2.50. The van der Waals surface area contributed by atoms with Crippen LogP contribution in [0.2, 0.25) is 1.41 Å². The van der Waals surface area contributed by atoms with E-state index in [1.807, 2.05) is 0 Å². The van der Waals surface area contributed by atoms with E-state index in [4.69, 9.17) is 1.41 Å². The number of rotatable bonds is 1. The standard InChI is InChI=1S/C3H8N2O/c1-2-5-3(4)6/h2H2,1H3,(H3,4,5,6)/i/hD. The van der Waals surface area contributed by atoms with Gasteiger partial charge in [0.15, 0.2) is 1.41 Å². The molecule has 0 aliphatic rings. The van der Waals surface area contributed by atoms with Gasteiger partial charge in [0.25, 0.3) is 0 Å². The first-order valence-corrected chi connectivity index (χ1v) is 1.76. The smallest absolute Gasteiger partial charge is 0.312 e. The van der Waals surface area contributed by atoms with Crippen LogP contribution in [0.15, 0.2) is 0 Å². The van der Waals surface area contributed by atoms with E-state index in [-0.39, 0.29) is 0 Å². The summed E-state index contributed by atoms with van der Waals surface area (Å²) < 4.78 is 6.25. The fraction of sp³-hybridized carbons (Fsp3) is 0.667. The van der Waals surface area contributed by atoms with Crippen LogP contribution < -0.4 is 11.0 Å². The molecule has 0 aliphatic heterocycles.